The van der Waals surface area contributed by atoms with Gasteiger partial charge in [0.25, 0.3) is 11.6 Å². The fourth-order valence-corrected chi connectivity index (χ4v) is 5.07. The molecule has 2 aromatic carbocycles. The lowest BCUT2D eigenvalue weighted by atomic mass is 10.2. The molecule has 1 aliphatic rings. The zero-order valence-corrected chi connectivity index (χ0v) is 18.9. The van der Waals surface area contributed by atoms with E-state index in [1.807, 2.05) is 0 Å². The number of nitro groups is 1. The lowest BCUT2D eigenvalue weighted by Crippen LogP contribution is -2.28. The number of carbonyl (C=O) groups excluding carboxylic acids is 2. The maximum absolute atomic E-state index is 12.9. The number of nitro benzene ring substituents is 1. The van der Waals surface area contributed by atoms with E-state index in [9.17, 15) is 28.1 Å². The number of esters is 1. The van der Waals surface area contributed by atoms with Crippen molar-refractivity contribution in [3.8, 4) is 5.75 Å². The van der Waals surface area contributed by atoms with Gasteiger partial charge in [0.1, 0.15) is 10.6 Å². The third-order valence-electron chi connectivity index (χ3n) is 5.11. The van der Waals surface area contributed by atoms with Crippen molar-refractivity contribution < 1.29 is 32.4 Å². The lowest BCUT2D eigenvalue weighted by molar-refractivity contribution is -0.384. The minimum atomic E-state index is -3.85. The first-order valence-electron chi connectivity index (χ1n) is 10.0. The molecule has 0 unspecified atom stereocenters. The Morgan fingerprint density at radius 3 is 2.45 bits per heavy atom. The number of ether oxygens (including phenoxy) is 2. The summed E-state index contributed by atoms with van der Waals surface area (Å²) in [6, 6.07) is 7.82. The summed E-state index contributed by atoms with van der Waals surface area (Å²) in [4.78, 5) is 34.8. The van der Waals surface area contributed by atoms with E-state index >= 15 is 0 Å². The van der Waals surface area contributed by atoms with Crippen LogP contribution in [0.4, 0.5) is 11.4 Å². The molecule has 0 spiro atoms. The molecule has 0 bridgehead atoms. The van der Waals surface area contributed by atoms with Crippen LogP contribution in [0.3, 0.4) is 0 Å². The van der Waals surface area contributed by atoms with E-state index in [2.05, 4.69) is 5.32 Å². The Hall–Kier alpha value is -3.51. The number of amides is 1. The quantitative estimate of drug-likeness (QED) is 0.347. The molecule has 1 N–H and O–H groups in total. The van der Waals surface area contributed by atoms with Crippen molar-refractivity contribution in [2.75, 3.05) is 32.1 Å². The molecule has 1 heterocycles. The van der Waals surface area contributed by atoms with E-state index in [0.29, 0.717) is 24.3 Å². The lowest BCUT2D eigenvalue weighted by Gasteiger charge is -2.18. The highest BCUT2D eigenvalue weighted by molar-refractivity contribution is 7.89. The summed E-state index contributed by atoms with van der Waals surface area (Å²) in [6.07, 6.45) is 1.51. The van der Waals surface area contributed by atoms with Crippen LogP contribution in [0.25, 0.3) is 0 Å². The van der Waals surface area contributed by atoms with Crippen LogP contribution in [-0.2, 0) is 19.6 Å². The number of hydrogen-bond donors (Lipinski definition) is 1. The van der Waals surface area contributed by atoms with E-state index in [4.69, 9.17) is 9.47 Å². The van der Waals surface area contributed by atoms with Gasteiger partial charge in [0.2, 0.25) is 10.0 Å². The van der Waals surface area contributed by atoms with Crippen molar-refractivity contribution in [2.24, 2.45) is 0 Å². The van der Waals surface area contributed by atoms with Gasteiger partial charge in [0, 0.05) is 30.9 Å². The van der Waals surface area contributed by atoms with Crippen molar-refractivity contribution in [2.45, 2.75) is 24.7 Å². The van der Waals surface area contributed by atoms with E-state index in [0.717, 1.165) is 12.8 Å². The predicted octanol–water partition coefficient (Wildman–Crippen LogP) is 2.49. The summed E-state index contributed by atoms with van der Waals surface area (Å²) in [6.45, 7) is 1.74. The Balaban J connectivity index is 1.69. The molecule has 11 nitrogen and oxygen atoms in total. The van der Waals surface area contributed by atoms with Gasteiger partial charge in [-0.15, -0.1) is 0 Å². The molecule has 1 saturated heterocycles. The third-order valence-corrected chi connectivity index (χ3v) is 7.03. The van der Waals surface area contributed by atoms with Gasteiger partial charge in [-0.2, -0.15) is 4.31 Å². The number of sulfonamides is 1. The van der Waals surface area contributed by atoms with Crippen LogP contribution in [0.5, 0.6) is 5.75 Å². The molecule has 33 heavy (non-hydrogen) atoms. The number of nitrogens with one attached hydrogen (secondary N) is 1. The zero-order chi connectivity index (χ0) is 24.2. The summed E-state index contributed by atoms with van der Waals surface area (Å²) >= 11 is 0. The molecule has 0 saturated carbocycles. The predicted molar refractivity (Wildman–Crippen MR) is 118 cm³/mol. The number of non-ortho nitro benzene ring substituents is 1. The molecule has 176 valence electrons. The van der Waals surface area contributed by atoms with Crippen LogP contribution < -0.4 is 10.1 Å². The SMILES string of the molecule is COc1ccc(C(=O)OCC(=O)Nc2ccc([N+](=O)[O-])cc2C)cc1S(=O)(=O)N1CCCC1. The van der Waals surface area contributed by atoms with E-state index in [1.54, 1.807) is 6.92 Å². The molecular weight excluding hydrogens is 454 g/mol. The van der Waals surface area contributed by atoms with Crippen molar-refractivity contribution in [1.29, 1.82) is 0 Å². The average Bonchev–Trinajstić information content (AvgIpc) is 3.34. The third kappa shape index (κ3) is 5.46. The number of methoxy groups -OCH3 is 1. The molecule has 1 fully saturated rings. The molecule has 0 aromatic heterocycles. The summed E-state index contributed by atoms with van der Waals surface area (Å²) < 4.78 is 37.4. The first-order valence-corrected chi connectivity index (χ1v) is 11.5. The summed E-state index contributed by atoms with van der Waals surface area (Å²) in [5.41, 5.74) is 0.643. The monoisotopic (exact) mass is 477 g/mol. The van der Waals surface area contributed by atoms with E-state index < -0.39 is 33.4 Å². The maximum atomic E-state index is 12.9. The second-order valence-corrected chi connectivity index (χ2v) is 9.26. The smallest absolute Gasteiger partial charge is 0.338 e. The Kier molecular flexibility index (Phi) is 7.29. The molecule has 2 aromatic rings. The average molecular weight is 477 g/mol. The normalized spacial score (nSPS) is 14.0. The van der Waals surface area contributed by atoms with Gasteiger partial charge >= 0.3 is 5.97 Å². The van der Waals surface area contributed by atoms with Crippen LogP contribution in [0.2, 0.25) is 0 Å². The highest BCUT2D eigenvalue weighted by atomic mass is 32.2. The fraction of sp³-hybridized carbons (Fsp3) is 0.333. The number of rotatable bonds is 8. The van der Waals surface area contributed by atoms with Gasteiger partial charge in [0.15, 0.2) is 6.61 Å². The largest absolute Gasteiger partial charge is 0.495 e. The highest BCUT2D eigenvalue weighted by Crippen LogP contribution is 2.30. The van der Waals surface area contributed by atoms with Crippen LogP contribution in [-0.4, -0.2) is 56.3 Å². The van der Waals surface area contributed by atoms with Crippen molar-refractivity contribution in [3.63, 3.8) is 0 Å². The second-order valence-electron chi connectivity index (χ2n) is 7.36. The van der Waals surface area contributed by atoms with Crippen LogP contribution in [0.1, 0.15) is 28.8 Å². The van der Waals surface area contributed by atoms with Gasteiger partial charge < -0.3 is 14.8 Å². The first kappa shape index (κ1) is 24.1. The molecule has 0 atom stereocenters. The Labute approximate surface area is 190 Å². The fourth-order valence-electron chi connectivity index (χ4n) is 3.38. The van der Waals surface area contributed by atoms with Gasteiger partial charge in [0.05, 0.1) is 17.6 Å². The molecule has 1 amide bonds. The van der Waals surface area contributed by atoms with Crippen molar-refractivity contribution >= 4 is 33.3 Å². The van der Waals surface area contributed by atoms with Crippen molar-refractivity contribution in [1.82, 2.24) is 4.31 Å². The van der Waals surface area contributed by atoms with E-state index in [-0.39, 0.29) is 21.9 Å². The number of aryl methyl sites for hydroxylation is 1. The Morgan fingerprint density at radius 1 is 1.15 bits per heavy atom. The molecule has 3 rings (SSSR count). The van der Waals surface area contributed by atoms with Gasteiger partial charge in [-0.3, -0.25) is 14.9 Å². The number of anilines is 1. The topological polar surface area (TPSA) is 145 Å². The summed E-state index contributed by atoms with van der Waals surface area (Å²) in [5.74, 6) is -1.44. The summed E-state index contributed by atoms with van der Waals surface area (Å²) in [5, 5.41) is 13.3. The molecule has 0 aliphatic carbocycles. The van der Waals surface area contributed by atoms with Gasteiger partial charge in [-0.05, 0) is 49.6 Å². The Bertz CT molecular complexity index is 1190. The number of carbonyl (C=O) groups is 2. The van der Waals surface area contributed by atoms with Gasteiger partial charge in [-0.25, -0.2) is 13.2 Å². The molecule has 1 aliphatic heterocycles. The standard InChI is InChI=1S/C21H23N3O8S/c1-14-11-16(24(27)28)6-7-17(14)22-20(25)13-32-21(26)15-5-8-18(31-2)19(12-15)33(29,30)23-9-3-4-10-23/h5-8,11-12H,3-4,9-10,13H2,1-2H3,(H,22,25). The first-order chi connectivity index (χ1) is 15.6. The highest BCUT2D eigenvalue weighted by Gasteiger charge is 2.31. The number of benzene rings is 2. The van der Waals surface area contributed by atoms with E-state index in [1.165, 1.54) is 47.8 Å². The van der Waals surface area contributed by atoms with Crippen LogP contribution in [0.15, 0.2) is 41.3 Å². The number of nitrogens with zero attached hydrogens (tertiary/aromatic N) is 2. The van der Waals surface area contributed by atoms with Crippen molar-refractivity contribution in [3.05, 3.63) is 57.6 Å². The van der Waals surface area contributed by atoms with Gasteiger partial charge in [-0.1, -0.05) is 0 Å². The Morgan fingerprint density at radius 2 is 1.85 bits per heavy atom. The second kappa shape index (κ2) is 9.96. The van der Waals surface area contributed by atoms with Crippen LogP contribution in [0, 0.1) is 17.0 Å². The molecular formula is C21H23N3O8S. The molecule has 12 heteroatoms. The minimum absolute atomic E-state index is 0.0483. The van der Waals surface area contributed by atoms with Crippen LogP contribution >= 0.6 is 0 Å². The minimum Gasteiger partial charge on any atom is -0.495 e. The maximum Gasteiger partial charge on any atom is 0.338 e. The zero-order valence-electron chi connectivity index (χ0n) is 18.1. The molecule has 0 radical (unpaired) electrons. The summed E-state index contributed by atoms with van der Waals surface area (Å²) in [7, 11) is -2.52. The number of hydrogen-bond acceptors (Lipinski definition) is 8.